The molecular formula is C11H10ClF3O2S. The average molecular weight is 299 g/mol. The number of benzene rings is 1. The van der Waals surface area contributed by atoms with Crippen molar-refractivity contribution in [2.75, 3.05) is 6.61 Å². The van der Waals surface area contributed by atoms with E-state index in [-0.39, 0.29) is 23.3 Å². The van der Waals surface area contributed by atoms with Crippen molar-refractivity contribution in [3.05, 3.63) is 29.3 Å². The summed E-state index contributed by atoms with van der Waals surface area (Å²) in [5.74, 6) is -6.04. The highest BCUT2D eigenvalue weighted by Crippen LogP contribution is 2.36. The highest BCUT2D eigenvalue weighted by molar-refractivity contribution is 7.99. The zero-order chi connectivity index (χ0) is 13.8. The molecule has 1 aromatic rings. The minimum absolute atomic E-state index is 0.229. The summed E-state index contributed by atoms with van der Waals surface area (Å²) in [6.07, 6.45) is 0. The highest BCUT2D eigenvalue weighted by atomic mass is 35.5. The van der Waals surface area contributed by atoms with Gasteiger partial charge in [0.15, 0.2) is 0 Å². The number of hydrogen-bond donors (Lipinski definition) is 0. The van der Waals surface area contributed by atoms with Crippen LogP contribution in [0.1, 0.15) is 6.92 Å². The molecule has 0 aliphatic rings. The molecule has 0 saturated carbocycles. The van der Waals surface area contributed by atoms with Gasteiger partial charge in [-0.2, -0.15) is 8.78 Å². The number of carbonyl (C=O) groups is 1. The van der Waals surface area contributed by atoms with Gasteiger partial charge in [0.1, 0.15) is 0 Å². The Kier molecular flexibility index (Phi) is 5.34. The number of hydrogen-bond acceptors (Lipinski definition) is 3. The summed E-state index contributed by atoms with van der Waals surface area (Å²) in [4.78, 5) is 11.2. The van der Waals surface area contributed by atoms with Crippen LogP contribution in [0.15, 0.2) is 29.2 Å². The lowest BCUT2D eigenvalue weighted by Gasteiger charge is -2.18. The van der Waals surface area contributed by atoms with Gasteiger partial charge in [-0.05, 0) is 31.2 Å². The van der Waals surface area contributed by atoms with Crippen molar-refractivity contribution in [1.82, 2.24) is 0 Å². The van der Waals surface area contributed by atoms with Gasteiger partial charge in [-0.3, -0.25) is 0 Å². The van der Waals surface area contributed by atoms with Gasteiger partial charge in [0.25, 0.3) is 0 Å². The molecule has 0 aliphatic carbocycles. The molecular weight excluding hydrogens is 289 g/mol. The fourth-order valence-electron chi connectivity index (χ4n) is 1.03. The largest absolute Gasteiger partial charge is 0.461 e. The van der Waals surface area contributed by atoms with E-state index in [0.29, 0.717) is 5.02 Å². The van der Waals surface area contributed by atoms with Gasteiger partial charge in [-0.15, -0.1) is 0 Å². The van der Waals surface area contributed by atoms with E-state index >= 15 is 0 Å². The second kappa shape index (κ2) is 6.33. The fraction of sp³-hybridized carbons (Fsp3) is 0.364. The topological polar surface area (TPSA) is 26.3 Å². The van der Waals surface area contributed by atoms with Crippen LogP contribution in [-0.2, 0) is 9.53 Å². The summed E-state index contributed by atoms with van der Waals surface area (Å²) < 4.78 is 44.1. The number of rotatable bonds is 5. The molecule has 0 bridgehead atoms. The Morgan fingerprint density at radius 1 is 1.44 bits per heavy atom. The zero-order valence-electron chi connectivity index (χ0n) is 9.33. The van der Waals surface area contributed by atoms with Gasteiger partial charge in [0.05, 0.1) is 6.61 Å². The summed E-state index contributed by atoms with van der Waals surface area (Å²) in [6, 6.07) is 5.67. The van der Waals surface area contributed by atoms with E-state index in [1.54, 1.807) is 0 Å². The average Bonchev–Trinajstić information content (AvgIpc) is 2.32. The first-order valence-electron chi connectivity index (χ1n) is 4.99. The van der Waals surface area contributed by atoms with Gasteiger partial charge in [0, 0.05) is 9.92 Å². The number of halogens is 4. The minimum atomic E-state index is -4.18. The van der Waals surface area contributed by atoms with E-state index in [9.17, 15) is 18.0 Å². The number of ether oxygens (including phenoxy) is 1. The first-order chi connectivity index (χ1) is 8.37. The fourth-order valence-corrected chi connectivity index (χ4v) is 1.93. The van der Waals surface area contributed by atoms with Crippen LogP contribution in [0, 0.1) is 0 Å². The first kappa shape index (κ1) is 15.2. The Bertz CT molecular complexity index is 411. The maximum atomic E-state index is 13.4. The molecule has 0 radical (unpaired) electrons. The predicted octanol–water partition coefficient (Wildman–Crippen LogP) is 3.93. The molecule has 1 aromatic carbocycles. The third-order valence-corrected chi connectivity index (χ3v) is 3.19. The molecule has 1 atom stereocenters. The van der Waals surface area contributed by atoms with Crippen LogP contribution in [-0.4, -0.2) is 24.0 Å². The Balaban J connectivity index is 2.72. The minimum Gasteiger partial charge on any atom is -0.461 e. The normalized spacial score (nSPS) is 13.2. The SMILES string of the molecule is CCOC(=O)C(F)(F)[C@H](F)Sc1ccc(Cl)cc1. The van der Waals surface area contributed by atoms with Crippen LogP contribution >= 0.6 is 23.4 Å². The smallest absolute Gasteiger partial charge is 0.382 e. The van der Waals surface area contributed by atoms with E-state index in [1.807, 2.05) is 0 Å². The summed E-state index contributed by atoms with van der Waals surface area (Å²) in [5, 5.41) is 0.409. The van der Waals surface area contributed by atoms with Crippen LogP contribution in [0.5, 0.6) is 0 Å². The van der Waals surface area contributed by atoms with Crippen molar-refractivity contribution in [2.45, 2.75) is 23.2 Å². The monoisotopic (exact) mass is 298 g/mol. The van der Waals surface area contributed by atoms with Crippen LogP contribution in [0.4, 0.5) is 13.2 Å². The molecule has 0 saturated heterocycles. The Hall–Kier alpha value is -0.880. The quantitative estimate of drug-likeness (QED) is 0.609. The summed E-state index contributed by atoms with van der Waals surface area (Å²) >= 11 is 5.84. The number of thioether (sulfide) groups is 1. The summed E-state index contributed by atoms with van der Waals surface area (Å²) in [5.41, 5.74) is -2.71. The Morgan fingerprint density at radius 3 is 2.50 bits per heavy atom. The molecule has 0 aliphatic heterocycles. The molecule has 100 valence electrons. The molecule has 1 rings (SSSR count). The highest BCUT2D eigenvalue weighted by Gasteiger charge is 2.50. The van der Waals surface area contributed by atoms with Crippen LogP contribution in [0.3, 0.4) is 0 Å². The zero-order valence-corrected chi connectivity index (χ0v) is 10.9. The number of carbonyl (C=O) groups excluding carboxylic acids is 1. The van der Waals surface area contributed by atoms with Crippen molar-refractivity contribution < 1.29 is 22.7 Å². The summed E-state index contributed by atoms with van der Waals surface area (Å²) in [6.45, 7) is 1.14. The third-order valence-electron chi connectivity index (χ3n) is 1.89. The molecule has 7 heteroatoms. The molecule has 0 heterocycles. The van der Waals surface area contributed by atoms with E-state index in [1.165, 1.54) is 31.2 Å². The second-order valence-electron chi connectivity index (χ2n) is 3.23. The first-order valence-corrected chi connectivity index (χ1v) is 6.25. The van der Waals surface area contributed by atoms with Gasteiger partial charge in [-0.1, -0.05) is 23.4 Å². The van der Waals surface area contributed by atoms with E-state index in [2.05, 4.69) is 4.74 Å². The molecule has 0 fully saturated rings. The van der Waals surface area contributed by atoms with E-state index < -0.39 is 17.4 Å². The maximum absolute atomic E-state index is 13.4. The van der Waals surface area contributed by atoms with Gasteiger partial charge >= 0.3 is 11.9 Å². The third kappa shape index (κ3) is 3.81. The second-order valence-corrected chi connectivity index (χ2v) is 4.79. The Labute approximate surface area is 111 Å². The predicted molar refractivity (Wildman–Crippen MR) is 63.8 cm³/mol. The van der Waals surface area contributed by atoms with Gasteiger partial charge < -0.3 is 4.74 Å². The van der Waals surface area contributed by atoms with Crippen molar-refractivity contribution in [3.63, 3.8) is 0 Å². The van der Waals surface area contributed by atoms with E-state index in [4.69, 9.17) is 11.6 Å². The molecule has 0 N–H and O–H groups in total. The maximum Gasteiger partial charge on any atom is 0.382 e. The standard InChI is InChI=1S/C11H10ClF3O2S/c1-2-17-10(16)11(14,15)9(13)18-8-5-3-7(12)4-6-8/h3-6,9H,2H2,1H3/t9-/m1/s1. The molecule has 0 aromatic heterocycles. The number of esters is 1. The lowest BCUT2D eigenvalue weighted by atomic mass is 10.4. The molecule has 2 nitrogen and oxygen atoms in total. The van der Waals surface area contributed by atoms with Crippen molar-refractivity contribution >= 4 is 29.3 Å². The van der Waals surface area contributed by atoms with Crippen molar-refractivity contribution in [2.24, 2.45) is 0 Å². The van der Waals surface area contributed by atoms with Gasteiger partial charge in [-0.25, -0.2) is 9.18 Å². The van der Waals surface area contributed by atoms with Crippen LogP contribution < -0.4 is 0 Å². The Morgan fingerprint density at radius 2 is 2.00 bits per heavy atom. The molecule has 0 unspecified atom stereocenters. The van der Waals surface area contributed by atoms with E-state index in [0.717, 1.165) is 0 Å². The van der Waals surface area contributed by atoms with Crippen molar-refractivity contribution in [3.8, 4) is 0 Å². The van der Waals surface area contributed by atoms with Crippen molar-refractivity contribution in [1.29, 1.82) is 0 Å². The molecule has 0 spiro atoms. The molecule has 18 heavy (non-hydrogen) atoms. The van der Waals surface area contributed by atoms with Gasteiger partial charge in [0.2, 0.25) is 5.50 Å². The van der Waals surface area contributed by atoms with Crippen LogP contribution in [0.2, 0.25) is 5.02 Å². The lowest BCUT2D eigenvalue weighted by Crippen LogP contribution is -2.38. The van der Waals surface area contributed by atoms with Crippen LogP contribution in [0.25, 0.3) is 0 Å². The summed E-state index contributed by atoms with van der Waals surface area (Å²) in [7, 11) is 0. The molecule has 0 amide bonds. The number of alkyl halides is 3. The lowest BCUT2D eigenvalue weighted by molar-refractivity contribution is -0.175.